The fourth-order valence-electron chi connectivity index (χ4n) is 1.34. The van der Waals surface area contributed by atoms with Gasteiger partial charge in [-0.15, -0.1) is 0 Å². The first-order valence-electron chi connectivity index (χ1n) is 4.82. The number of aromatic hydroxyl groups is 1. The van der Waals surface area contributed by atoms with Gasteiger partial charge in [-0.05, 0) is 0 Å². The zero-order chi connectivity index (χ0) is 12.6. The second-order valence-corrected chi connectivity index (χ2v) is 3.92. The molecular formula is C10H14N2O4. The minimum absolute atomic E-state index is 0.334. The van der Waals surface area contributed by atoms with Crippen molar-refractivity contribution in [2.75, 3.05) is 0 Å². The van der Waals surface area contributed by atoms with Crippen LogP contribution in [0.15, 0.2) is 9.59 Å². The third-order valence-electron chi connectivity index (χ3n) is 2.40. The van der Waals surface area contributed by atoms with Gasteiger partial charge in [-0.2, -0.15) is 0 Å². The molecule has 0 aliphatic carbocycles. The fourth-order valence-corrected chi connectivity index (χ4v) is 1.34. The first kappa shape index (κ1) is 12.2. The van der Waals surface area contributed by atoms with Crippen LogP contribution < -0.4 is 11.2 Å². The van der Waals surface area contributed by atoms with Crippen LogP contribution in [0.4, 0.5) is 0 Å². The number of aromatic nitrogens is 2. The Labute approximate surface area is 91.8 Å². The van der Waals surface area contributed by atoms with E-state index < -0.39 is 28.8 Å². The van der Waals surface area contributed by atoms with Gasteiger partial charge in [0.05, 0.1) is 0 Å². The minimum Gasteiger partial charge on any atom is -0.494 e. The molecule has 1 rings (SSSR count). The molecule has 0 bridgehead atoms. The van der Waals surface area contributed by atoms with E-state index in [2.05, 4.69) is 0 Å². The topological polar surface area (TPSA) is 81.3 Å². The van der Waals surface area contributed by atoms with Crippen molar-refractivity contribution in [2.24, 2.45) is 20.0 Å². The standard InChI is InChI=1S/C10H14N2O4/c1-5(2)7(13)6-8(14)11(3)10(16)12(4)9(6)15/h5,14H,1-4H3. The highest BCUT2D eigenvalue weighted by Gasteiger charge is 2.23. The van der Waals surface area contributed by atoms with E-state index in [9.17, 15) is 19.5 Å². The fraction of sp³-hybridized carbons (Fsp3) is 0.500. The van der Waals surface area contributed by atoms with Gasteiger partial charge >= 0.3 is 5.69 Å². The van der Waals surface area contributed by atoms with Crippen molar-refractivity contribution in [3.63, 3.8) is 0 Å². The van der Waals surface area contributed by atoms with Crippen molar-refractivity contribution in [3.8, 4) is 5.88 Å². The molecule has 0 unspecified atom stereocenters. The first-order chi connectivity index (χ1) is 7.29. The lowest BCUT2D eigenvalue weighted by atomic mass is 10.0. The number of hydrogen-bond donors (Lipinski definition) is 1. The smallest absolute Gasteiger partial charge is 0.333 e. The molecule has 0 saturated carbocycles. The maximum Gasteiger partial charge on any atom is 0.333 e. The van der Waals surface area contributed by atoms with Crippen LogP contribution in [0.25, 0.3) is 0 Å². The van der Waals surface area contributed by atoms with Gasteiger partial charge in [0, 0.05) is 20.0 Å². The van der Waals surface area contributed by atoms with Crippen molar-refractivity contribution in [1.82, 2.24) is 9.13 Å². The van der Waals surface area contributed by atoms with E-state index >= 15 is 0 Å². The molecule has 6 heteroatoms. The Kier molecular flexibility index (Phi) is 3.02. The third-order valence-corrected chi connectivity index (χ3v) is 2.40. The molecular weight excluding hydrogens is 212 g/mol. The Bertz CT molecular complexity index is 551. The number of rotatable bonds is 2. The summed E-state index contributed by atoms with van der Waals surface area (Å²) in [5.74, 6) is -1.48. The maximum absolute atomic E-state index is 11.7. The van der Waals surface area contributed by atoms with Gasteiger partial charge in [0.1, 0.15) is 5.56 Å². The van der Waals surface area contributed by atoms with Crippen molar-refractivity contribution in [2.45, 2.75) is 13.8 Å². The number of carbonyl (C=O) groups is 1. The largest absolute Gasteiger partial charge is 0.494 e. The van der Waals surface area contributed by atoms with Gasteiger partial charge in [0.2, 0.25) is 5.88 Å². The Morgan fingerprint density at radius 1 is 1.19 bits per heavy atom. The molecule has 0 fully saturated rings. The number of nitrogens with zero attached hydrogens (tertiary/aromatic N) is 2. The maximum atomic E-state index is 11.7. The van der Waals surface area contributed by atoms with E-state index in [1.54, 1.807) is 13.8 Å². The van der Waals surface area contributed by atoms with E-state index in [1.165, 1.54) is 14.1 Å². The summed E-state index contributed by atoms with van der Waals surface area (Å²) in [5, 5.41) is 9.63. The molecule has 0 atom stereocenters. The summed E-state index contributed by atoms with van der Waals surface area (Å²) in [5.41, 5.74) is -1.76. The average molecular weight is 226 g/mol. The summed E-state index contributed by atoms with van der Waals surface area (Å²) in [6.45, 7) is 3.23. The molecule has 0 saturated heterocycles. The molecule has 0 radical (unpaired) electrons. The van der Waals surface area contributed by atoms with Gasteiger partial charge in [0.15, 0.2) is 5.78 Å². The molecule has 0 aromatic carbocycles. The monoisotopic (exact) mass is 226 g/mol. The molecule has 0 amide bonds. The van der Waals surface area contributed by atoms with E-state index in [1.807, 2.05) is 0 Å². The average Bonchev–Trinajstić information content (AvgIpc) is 2.23. The van der Waals surface area contributed by atoms with E-state index in [0.717, 1.165) is 9.13 Å². The van der Waals surface area contributed by atoms with Crippen LogP contribution in [0, 0.1) is 5.92 Å². The normalized spacial score (nSPS) is 10.8. The number of Topliss-reactive ketones (excluding diaryl/α,β-unsaturated/α-hetero) is 1. The van der Waals surface area contributed by atoms with Gasteiger partial charge < -0.3 is 5.11 Å². The highest BCUT2D eigenvalue weighted by atomic mass is 16.3. The lowest BCUT2D eigenvalue weighted by Gasteiger charge is -2.10. The summed E-state index contributed by atoms with van der Waals surface area (Å²) in [7, 11) is 2.56. The number of carbonyl (C=O) groups excluding carboxylic acids is 1. The van der Waals surface area contributed by atoms with Crippen LogP contribution >= 0.6 is 0 Å². The van der Waals surface area contributed by atoms with E-state index in [0.29, 0.717) is 0 Å². The zero-order valence-electron chi connectivity index (χ0n) is 9.64. The van der Waals surface area contributed by atoms with Gasteiger partial charge in [-0.1, -0.05) is 13.8 Å². The van der Waals surface area contributed by atoms with Gasteiger partial charge in [-0.25, -0.2) is 4.79 Å². The summed E-state index contributed by atoms with van der Waals surface area (Å²) in [6.07, 6.45) is 0. The lowest BCUT2D eigenvalue weighted by molar-refractivity contribution is 0.0932. The van der Waals surface area contributed by atoms with Crippen LogP contribution in [0.2, 0.25) is 0 Å². The van der Waals surface area contributed by atoms with Crippen LogP contribution in [-0.2, 0) is 14.1 Å². The predicted octanol–water partition coefficient (Wildman–Crippen LogP) is -0.372. The molecule has 1 aromatic heterocycles. The summed E-state index contributed by atoms with van der Waals surface area (Å²) < 4.78 is 1.67. The van der Waals surface area contributed by atoms with Gasteiger partial charge in [-0.3, -0.25) is 18.7 Å². The van der Waals surface area contributed by atoms with Crippen LogP contribution in [0.1, 0.15) is 24.2 Å². The molecule has 0 spiro atoms. The molecule has 6 nitrogen and oxygen atoms in total. The number of ketones is 1. The second-order valence-electron chi connectivity index (χ2n) is 3.92. The van der Waals surface area contributed by atoms with Gasteiger partial charge in [0.25, 0.3) is 5.56 Å². The van der Waals surface area contributed by atoms with Crippen molar-refractivity contribution in [1.29, 1.82) is 0 Å². The quantitative estimate of drug-likeness (QED) is 0.697. The van der Waals surface area contributed by atoms with Crippen LogP contribution in [0.5, 0.6) is 5.88 Å². The number of hydrogen-bond acceptors (Lipinski definition) is 4. The predicted molar refractivity (Wildman–Crippen MR) is 57.8 cm³/mol. The molecule has 1 aromatic rings. The Morgan fingerprint density at radius 3 is 2.12 bits per heavy atom. The van der Waals surface area contributed by atoms with Crippen molar-refractivity contribution >= 4 is 5.78 Å². The third kappa shape index (κ3) is 1.66. The summed E-state index contributed by atoms with van der Waals surface area (Å²) >= 11 is 0. The van der Waals surface area contributed by atoms with Crippen LogP contribution in [-0.4, -0.2) is 20.0 Å². The van der Waals surface area contributed by atoms with E-state index in [-0.39, 0.29) is 5.56 Å². The molecule has 0 aliphatic heterocycles. The highest BCUT2D eigenvalue weighted by molar-refractivity contribution is 5.98. The van der Waals surface area contributed by atoms with Crippen molar-refractivity contribution < 1.29 is 9.90 Å². The second kappa shape index (κ2) is 3.96. The lowest BCUT2D eigenvalue weighted by Crippen LogP contribution is -2.40. The summed E-state index contributed by atoms with van der Waals surface area (Å²) in [4.78, 5) is 34.8. The van der Waals surface area contributed by atoms with Crippen LogP contribution in [0.3, 0.4) is 0 Å². The molecule has 88 valence electrons. The molecule has 16 heavy (non-hydrogen) atoms. The molecule has 0 aliphatic rings. The Balaban J connectivity index is 3.72. The molecule has 1 N–H and O–H groups in total. The Hall–Kier alpha value is -1.85. The Morgan fingerprint density at radius 2 is 1.69 bits per heavy atom. The van der Waals surface area contributed by atoms with E-state index in [4.69, 9.17) is 0 Å². The first-order valence-corrected chi connectivity index (χ1v) is 4.82. The van der Waals surface area contributed by atoms with Crippen molar-refractivity contribution in [3.05, 3.63) is 26.4 Å². The SMILES string of the molecule is CC(C)C(=O)c1c(O)n(C)c(=O)n(C)c1=O. The minimum atomic E-state index is -0.765. The molecule has 1 heterocycles. The summed E-state index contributed by atoms with van der Waals surface area (Å²) in [6, 6.07) is 0. The highest BCUT2D eigenvalue weighted by Crippen LogP contribution is 2.13. The zero-order valence-corrected chi connectivity index (χ0v) is 9.64.